The SMILES string of the molecule is COc1cc(/C=N\NC(=O)CC23CC4CC(CC(C4)C2)C3)cc(OC)c1OC. The van der Waals surface area contributed by atoms with Crippen molar-refractivity contribution in [3.63, 3.8) is 0 Å². The number of hydrogen-bond donors (Lipinski definition) is 1. The molecular formula is C22H30N2O4. The molecule has 4 aliphatic carbocycles. The van der Waals surface area contributed by atoms with E-state index < -0.39 is 0 Å². The maximum absolute atomic E-state index is 12.6. The van der Waals surface area contributed by atoms with E-state index in [4.69, 9.17) is 14.2 Å². The highest BCUT2D eigenvalue weighted by Gasteiger charge is 2.51. The summed E-state index contributed by atoms with van der Waals surface area (Å²) in [6, 6.07) is 3.60. The molecule has 1 aromatic rings. The van der Waals surface area contributed by atoms with Crippen LogP contribution < -0.4 is 19.6 Å². The number of hydrogen-bond acceptors (Lipinski definition) is 5. The van der Waals surface area contributed by atoms with Crippen LogP contribution in [0.1, 0.15) is 50.5 Å². The van der Waals surface area contributed by atoms with Crippen LogP contribution in [0, 0.1) is 23.2 Å². The molecule has 5 rings (SSSR count). The van der Waals surface area contributed by atoms with Crippen molar-refractivity contribution in [3.05, 3.63) is 17.7 Å². The first kappa shape index (κ1) is 19.1. The molecule has 28 heavy (non-hydrogen) atoms. The molecule has 6 heteroatoms. The number of amides is 1. The number of carbonyl (C=O) groups is 1. The number of ether oxygens (including phenoxy) is 3. The fraction of sp³-hybridized carbons (Fsp3) is 0.636. The van der Waals surface area contributed by atoms with Crippen molar-refractivity contribution in [2.24, 2.45) is 28.3 Å². The van der Waals surface area contributed by atoms with E-state index >= 15 is 0 Å². The van der Waals surface area contributed by atoms with Gasteiger partial charge in [-0.3, -0.25) is 4.79 Å². The Hall–Kier alpha value is -2.24. The number of hydrazone groups is 1. The lowest BCUT2D eigenvalue weighted by atomic mass is 9.49. The van der Waals surface area contributed by atoms with Crippen LogP contribution >= 0.6 is 0 Å². The second-order valence-electron chi connectivity index (χ2n) is 8.85. The smallest absolute Gasteiger partial charge is 0.240 e. The maximum atomic E-state index is 12.6. The van der Waals surface area contributed by atoms with Crippen molar-refractivity contribution < 1.29 is 19.0 Å². The van der Waals surface area contributed by atoms with Crippen LogP contribution in [0.25, 0.3) is 0 Å². The van der Waals surface area contributed by atoms with Gasteiger partial charge in [-0.2, -0.15) is 5.10 Å². The Labute approximate surface area is 166 Å². The molecule has 0 aliphatic heterocycles. The summed E-state index contributed by atoms with van der Waals surface area (Å²) in [5, 5.41) is 4.17. The van der Waals surface area contributed by atoms with Gasteiger partial charge in [-0.25, -0.2) is 5.43 Å². The average molecular weight is 386 g/mol. The van der Waals surface area contributed by atoms with Gasteiger partial charge in [-0.15, -0.1) is 0 Å². The van der Waals surface area contributed by atoms with E-state index in [1.54, 1.807) is 39.7 Å². The summed E-state index contributed by atoms with van der Waals surface area (Å²) in [5.41, 5.74) is 3.72. The van der Waals surface area contributed by atoms with Gasteiger partial charge >= 0.3 is 0 Å². The van der Waals surface area contributed by atoms with Gasteiger partial charge in [0.1, 0.15) is 0 Å². The highest BCUT2D eigenvalue weighted by Crippen LogP contribution is 2.61. The van der Waals surface area contributed by atoms with Gasteiger partial charge in [0, 0.05) is 12.0 Å². The summed E-state index contributed by atoms with van der Waals surface area (Å²) in [7, 11) is 4.72. The van der Waals surface area contributed by atoms with Gasteiger partial charge in [-0.1, -0.05) is 0 Å². The number of rotatable bonds is 7. The van der Waals surface area contributed by atoms with Gasteiger partial charge in [0.05, 0.1) is 27.5 Å². The lowest BCUT2D eigenvalue weighted by Gasteiger charge is -2.56. The minimum Gasteiger partial charge on any atom is -0.493 e. The Morgan fingerprint density at radius 2 is 1.57 bits per heavy atom. The number of nitrogens with zero attached hydrogens (tertiary/aromatic N) is 1. The zero-order valence-corrected chi connectivity index (χ0v) is 17.0. The maximum Gasteiger partial charge on any atom is 0.240 e. The van der Waals surface area contributed by atoms with E-state index in [0.29, 0.717) is 23.7 Å². The second-order valence-corrected chi connectivity index (χ2v) is 8.85. The van der Waals surface area contributed by atoms with Crippen LogP contribution in [0.3, 0.4) is 0 Å². The third-order valence-electron chi connectivity index (χ3n) is 6.79. The van der Waals surface area contributed by atoms with Crippen LogP contribution in [0.2, 0.25) is 0 Å². The van der Waals surface area contributed by atoms with Crippen molar-refractivity contribution in [1.29, 1.82) is 0 Å². The Morgan fingerprint density at radius 1 is 1.04 bits per heavy atom. The predicted octanol–water partition coefficient (Wildman–Crippen LogP) is 3.77. The molecule has 1 aromatic carbocycles. The zero-order valence-electron chi connectivity index (χ0n) is 17.0. The molecule has 4 bridgehead atoms. The molecule has 6 nitrogen and oxygen atoms in total. The molecule has 4 aliphatic rings. The number of methoxy groups -OCH3 is 3. The summed E-state index contributed by atoms with van der Waals surface area (Å²) in [6.07, 6.45) is 10.1. The van der Waals surface area contributed by atoms with Crippen molar-refractivity contribution in [2.45, 2.75) is 44.9 Å². The summed E-state index contributed by atoms with van der Waals surface area (Å²) in [5.74, 6) is 4.22. The standard InChI is InChI=1S/C22H30N2O4/c1-26-18-7-17(8-19(27-2)21(18)28-3)13-23-24-20(25)12-22-9-14-4-15(10-22)6-16(5-14)11-22/h7-8,13-16H,4-6,9-12H2,1-3H3,(H,24,25)/b23-13-. The van der Waals surface area contributed by atoms with Crippen LogP contribution in [-0.2, 0) is 4.79 Å². The molecule has 0 atom stereocenters. The fourth-order valence-corrected chi connectivity index (χ4v) is 6.24. The molecule has 0 unspecified atom stereocenters. The summed E-state index contributed by atoms with van der Waals surface area (Å²) >= 11 is 0. The third-order valence-corrected chi connectivity index (χ3v) is 6.79. The number of benzene rings is 1. The van der Waals surface area contributed by atoms with Crippen molar-refractivity contribution in [2.75, 3.05) is 21.3 Å². The van der Waals surface area contributed by atoms with Crippen LogP contribution in [0.15, 0.2) is 17.2 Å². The first-order chi connectivity index (χ1) is 13.5. The van der Waals surface area contributed by atoms with E-state index in [-0.39, 0.29) is 11.3 Å². The van der Waals surface area contributed by atoms with Gasteiger partial charge in [0.25, 0.3) is 0 Å². The van der Waals surface area contributed by atoms with Crippen LogP contribution in [0.4, 0.5) is 0 Å². The van der Waals surface area contributed by atoms with E-state index in [0.717, 1.165) is 23.3 Å². The first-order valence-corrected chi connectivity index (χ1v) is 10.2. The Bertz CT molecular complexity index is 714. The molecule has 0 radical (unpaired) electrons. The highest BCUT2D eigenvalue weighted by molar-refractivity contribution is 5.84. The number of carbonyl (C=O) groups excluding carboxylic acids is 1. The molecule has 1 amide bonds. The van der Waals surface area contributed by atoms with E-state index in [1.807, 2.05) is 0 Å². The summed E-state index contributed by atoms with van der Waals surface area (Å²) in [4.78, 5) is 12.6. The third kappa shape index (κ3) is 3.69. The molecule has 152 valence electrons. The quantitative estimate of drug-likeness (QED) is 0.572. The van der Waals surface area contributed by atoms with Gasteiger partial charge in [0.15, 0.2) is 11.5 Å². The van der Waals surface area contributed by atoms with E-state index in [2.05, 4.69) is 10.5 Å². The Morgan fingerprint density at radius 3 is 2.04 bits per heavy atom. The van der Waals surface area contributed by atoms with Crippen LogP contribution in [0.5, 0.6) is 17.2 Å². The van der Waals surface area contributed by atoms with Crippen LogP contribution in [-0.4, -0.2) is 33.5 Å². The monoisotopic (exact) mass is 386 g/mol. The molecular weight excluding hydrogens is 356 g/mol. The minimum absolute atomic E-state index is 0.0191. The molecule has 0 spiro atoms. The molecule has 4 fully saturated rings. The summed E-state index contributed by atoms with van der Waals surface area (Å²) < 4.78 is 16.0. The predicted molar refractivity (Wildman–Crippen MR) is 107 cm³/mol. The van der Waals surface area contributed by atoms with Crippen molar-refractivity contribution in [1.82, 2.24) is 5.43 Å². The van der Waals surface area contributed by atoms with Crippen molar-refractivity contribution >= 4 is 12.1 Å². The molecule has 0 aromatic heterocycles. The van der Waals surface area contributed by atoms with Gasteiger partial charge in [0.2, 0.25) is 11.7 Å². The highest BCUT2D eigenvalue weighted by atomic mass is 16.5. The average Bonchev–Trinajstić information content (AvgIpc) is 2.65. The van der Waals surface area contributed by atoms with Gasteiger partial charge in [-0.05, 0) is 73.8 Å². The topological polar surface area (TPSA) is 69.2 Å². The van der Waals surface area contributed by atoms with Gasteiger partial charge < -0.3 is 14.2 Å². The normalized spacial score (nSPS) is 30.5. The van der Waals surface area contributed by atoms with E-state index in [1.165, 1.54) is 38.5 Å². The number of nitrogens with one attached hydrogen (secondary N) is 1. The van der Waals surface area contributed by atoms with Crippen molar-refractivity contribution in [3.8, 4) is 17.2 Å². The lowest BCUT2D eigenvalue weighted by Crippen LogP contribution is -2.47. The Balaban J connectivity index is 1.39. The lowest BCUT2D eigenvalue weighted by molar-refractivity contribution is -0.129. The summed E-state index contributed by atoms with van der Waals surface area (Å²) in [6.45, 7) is 0. The minimum atomic E-state index is 0.0191. The molecule has 0 saturated heterocycles. The fourth-order valence-electron chi connectivity index (χ4n) is 6.24. The zero-order chi connectivity index (χ0) is 19.7. The molecule has 0 heterocycles. The van der Waals surface area contributed by atoms with E-state index in [9.17, 15) is 4.79 Å². The molecule has 1 N–H and O–H groups in total. The largest absolute Gasteiger partial charge is 0.493 e. The molecule has 4 saturated carbocycles. The first-order valence-electron chi connectivity index (χ1n) is 10.2. The second kappa shape index (κ2) is 7.64. The Kier molecular flexibility index (Phi) is 5.21.